The number of aryl methyl sites for hydroxylation is 2. The summed E-state index contributed by atoms with van der Waals surface area (Å²) in [5, 5.41) is 7.89. The number of piperidine rings is 1. The molecule has 2 heterocycles. The first-order valence-electron chi connectivity index (χ1n) is 7.86. The topological polar surface area (TPSA) is 85.5 Å². The van der Waals surface area contributed by atoms with Crippen molar-refractivity contribution in [1.29, 1.82) is 0 Å². The third kappa shape index (κ3) is 3.16. The fourth-order valence-corrected chi connectivity index (χ4v) is 4.65. The number of sulfonamides is 1. The minimum absolute atomic E-state index is 0.108. The zero-order chi connectivity index (χ0) is 17.3. The third-order valence-electron chi connectivity index (χ3n) is 4.28. The molecule has 1 saturated heterocycles. The van der Waals surface area contributed by atoms with E-state index in [0.29, 0.717) is 43.5 Å². The van der Waals surface area contributed by atoms with Crippen LogP contribution in [0.2, 0.25) is 0 Å². The van der Waals surface area contributed by atoms with Crippen molar-refractivity contribution in [2.24, 2.45) is 0 Å². The first kappa shape index (κ1) is 16.9. The van der Waals surface area contributed by atoms with Gasteiger partial charge in [-0.1, -0.05) is 6.07 Å². The summed E-state index contributed by atoms with van der Waals surface area (Å²) in [5.41, 5.74) is 0.880. The van der Waals surface area contributed by atoms with Crippen LogP contribution in [0, 0.1) is 13.8 Å². The van der Waals surface area contributed by atoms with Crippen molar-refractivity contribution in [2.75, 3.05) is 20.2 Å². The van der Waals surface area contributed by atoms with Gasteiger partial charge in [0.2, 0.25) is 21.8 Å². The summed E-state index contributed by atoms with van der Waals surface area (Å²) >= 11 is 0. The lowest BCUT2D eigenvalue weighted by Crippen LogP contribution is -2.38. The van der Waals surface area contributed by atoms with Crippen molar-refractivity contribution < 1.29 is 17.6 Å². The van der Waals surface area contributed by atoms with Crippen molar-refractivity contribution in [3.05, 3.63) is 35.5 Å². The van der Waals surface area contributed by atoms with E-state index < -0.39 is 10.0 Å². The number of hydrogen-bond acceptors (Lipinski definition) is 6. The Morgan fingerprint density at radius 3 is 2.50 bits per heavy atom. The van der Waals surface area contributed by atoms with Gasteiger partial charge in [-0.25, -0.2) is 8.42 Å². The zero-order valence-electron chi connectivity index (χ0n) is 14.0. The molecule has 0 spiro atoms. The van der Waals surface area contributed by atoms with E-state index in [0.717, 1.165) is 5.56 Å². The predicted molar refractivity (Wildman–Crippen MR) is 87.5 cm³/mol. The summed E-state index contributed by atoms with van der Waals surface area (Å²) in [6.07, 6.45) is 1.32. The number of aromatic nitrogens is 2. The molecule has 1 aromatic heterocycles. The second kappa shape index (κ2) is 6.52. The minimum Gasteiger partial charge on any atom is -0.495 e. The van der Waals surface area contributed by atoms with E-state index in [2.05, 4.69) is 10.2 Å². The van der Waals surface area contributed by atoms with Crippen LogP contribution in [-0.2, 0) is 10.0 Å². The van der Waals surface area contributed by atoms with Gasteiger partial charge < -0.3 is 9.15 Å². The van der Waals surface area contributed by atoms with Crippen LogP contribution in [0.25, 0.3) is 0 Å². The second-order valence-corrected chi connectivity index (χ2v) is 7.90. The summed E-state index contributed by atoms with van der Waals surface area (Å²) in [6, 6.07) is 5.18. The second-order valence-electron chi connectivity index (χ2n) is 5.99. The highest BCUT2D eigenvalue weighted by Crippen LogP contribution is 2.33. The highest BCUT2D eigenvalue weighted by molar-refractivity contribution is 7.89. The molecule has 0 atom stereocenters. The fraction of sp³-hybridized carbons (Fsp3) is 0.500. The lowest BCUT2D eigenvalue weighted by Gasteiger charge is -2.30. The van der Waals surface area contributed by atoms with E-state index in [9.17, 15) is 8.42 Å². The van der Waals surface area contributed by atoms with E-state index in [-0.39, 0.29) is 10.8 Å². The Kier molecular flexibility index (Phi) is 4.60. The molecule has 0 unspecified atom stereocenters. The quantitative estimate of drug-likeness (QED) is 0.840. The van der Waals surface area contributed by atoms with Gasteiger partial charge in [-0.2, -0.15) is 4.31 Å². The molecule has 24 heavy (non-hydrogen) atoms. The average Bonchev–Trinajstić information content (AvgIpc) is 3.01. The lowest BCUT2D eigenvalue weighted by molar-refractivity contribution is 0.287. The Balaban J connectivity index is 1.79. The normalized spacial score (nSPS) is 17.1. The van der Waals surface area contributed by atoms with Gasteiger partial charge in [-0.3, -0.25) is 0 Å². The summed E-state index contributed by atoms with van der Waals surface area (Å²) in [4.78, 5) is 0.220. The van der Waals surface area contributed by atoms with E-state index in [1.165, 1.54) is 11.4 Å². The molecule has 2 aromatic rings. The van der Waals surface area contributed by atoms with Gasteiger partial charge in [0.1, 0.15) is 10.6 Å². The Morgan fingerprint density at radius 2 is 1.92 bits per heavy atom. The van der Waals surface area contributed by atoms with Crippen molar-refractivity contribution in [1.82, 2.24) is 14.5 Å². The first-order chi connectivity index (χ1) is 11.4. The molecular weight excluding hydrogens is 330 g/mol. The SMILES string of the molecule is COc1ccc(C)cc1S(=O)(=O)N1CCC(c2nnc(C)o2)CC1. The maximum absolute atomic E-state index is 13.0. The molecular formula is C16H21N3O4S. The van der Waals surface area contributed by atoms with E-state index in [1.54, 1.807) is 19.1 Å². The molecule has 3 rings (SSSR count). The first-order valence-corrected chi connectivity index (χ1v) is 9.30. The number of rotatable bonds is 4. The predicted octanol–water partition coefficient (Wildman–Crippen LogP) is 2.26. The Labute approximate surface area is 141 Å². The number of hydrogen-bond donors (Lipinski definition) is 0. The monoisotopic (exact) mass is 351 g/mol. The Hall–Kier alpha value is -1.93. The van der Waals surface area contributed by atoms with Crippen molar-refractivity contribution >= 4 is 10.0 Å². The van der Waals surface area contributed by atoms with E-state index >= 15 is 0 Å². The minimum atomic E-state index is -3.59. The van der Waals surface area contributed by atoms with Crippen LogP contribution >= 0.6 is 0 Å². The van der Waals surface area contributed by atoms with Crippen LogP contribution in [0.15, 0.2) is 27.5 Å². The van der Waals surface area contributed by atoms with Gasteiger partial charge in [-0.15, -0.1) is 10.2 Å². The number of nitrogens with zero attached hydrogens (tertiary/aromatic N) is 3. The van der Waals surface area contributed by atoms with E-state index in [4.69, 9.17) is 9.15 Å². The Bertz CT molecular complexity index is 824. The smallest absolute Gasteiger partial charge is 0.246 e. The summed E-state index contributed by atoms with van der Waals surface area (Å²) in [6.45, 7) is 4.46. The van der Waals surface area contributed by atoms with Crippen LogP contribution in [0.5, 0.6) is 5.75 Å². The molecule has 1 fully saturated rings. The van der Waals surface area contributed by atoms with Gasteiger partial charge >= 0.3 is 0 Å². The Morgan fingerprint density at radius 1 is 1.21 bits per heavy atom. The summed E-state index contributed by atoms with van der Waals surface area (Å²) in [7, 11) is -2.11. The number of ether oxygens (including phenoxy) is 1. The van der Waals surface area contributed by atoms with Crippen molar-refractivity contribution in [2.45, 2.75) is 37.5 Å². The molecule has 0 saturated carbocycles. The highest BCUT2D eigenvalue weighted by Gasteiger charge is 2.33. The molecule has 0 radical (unpaired) electrons. The van der Waals surface area contributed by atoms with Gasteiger partial charge in [-0.05, 0) is 37.5 Å². The molecule has 0 bridgehead atoms. The number of benzene rings is 1. The zero-order valence-corrected chi connectivity index (χ0v) is 14.8. The number of methoxy groups -OCH3 is 1. The van der Waals surface area contributed by atoms with Gasteiger partial charge in [0.25, 0.3) is 0 Å². The van der Waals surface area contributed by atoms with Crippen molar-refractivity contribution in [3.63, 3.8) is 0 Å². The fourth-order valence-electron chi connectivity index (χ4n) is 2.94. The summed E-state index contributed by atoms with van der Waals surface area (Å²) in [5.74, 6) is 1.61. The molecule has 1 aliphatic rings. The third-order valence-corrected chi connectivity index (χ3v) is 6.20. The van der Waals surface area contributed by atoms with Crippen LogP contribution < -0.4 is 4.74 Å². The lowest BCUT2D eigenvalue weighted by atomic mass is 9.98. The maximum Gasteiger partial charge on any atom is 0.246 e. The van der Waals surface area contributed by atoms with Gasteiger partial charge in [0.15, 0.2) is 0 Å². The van der Waals surface area contributed by atoms with Crippen molar-refractivity contribution in [3.8, 4) is 5.75 Å². The average molecular weight is 351 g/mol. The van der Waals surface area contributed by atoms with Gasteiger partial charge in [0.05, 0.1) is 7.11 Å². The van der Waals surface area contributed by atoms with Crippen LogP contribution in [-0.4, -0.2) is 43.1 Å². The van der Waals surface area contributed by atoms with Gasteiger partial charge in [0, 0.05) is 25.9 Å². The largest absolute Gasteiger partial charge is 0.495 e. The van der Waals surface area contributed by atoms with E-state index in [1.807, 2.05) is 13.0 Å². The molecule has 0 amide bonds. The molecule has 130 valence electrons. The van der Waals surface area contributed by atoms with Crippen LogP contribution in [0.4, 0.5) is 0 Å². The molecule has 1 aliphatic heterocycles. The highest BCUT2D eigenvalue weighted by atomic mass is 32.2. The molecule has 0 N–H and O–H groups in total. The van der Waals surface area contributed by atoms with Crippen LogP contribution in [0.3, 0.4) is 0 Å². The maximum atomic E-state index is 13.0. The molecule has 0 aliphatic carbocycles. The molecule has 1 aromatic carbocycles. The molecule has 8 heteroatoms. The van der Waals surface area contributed by atoms with Crippen LogP contribution in [0.1, 0.15) is 36.1 Å². The summed E-state index contributed by atoms with van der Waals surface area (Å²) < 4.78 is 38.1. The molecule has 7 nitrogen and oxygen atoms in total. The standard InChI is InChI=1S/C16H21N3O4S/c1-11-4-5-14(22-3)15(10-11)24(20,21)19-8-6-13(7-9-19)16-18-17-12(2)23-16/h4-5,10,13H,6-9H2,1-3H3.